The first-order chi connectivity index (χ1) is 17.2. The van der Waals surface area contributed by atoms with Gasteiger partial charge in [0.25, 0.3) is 0 Å². The third-order valence-corrected chi connectivity index (χ3v) is 9.49. The van der Waals surface area contributed by atoms with Gasteiger partial charge in [0.2, 0.25) is 0 Å². The molecule has 0 fully saturated rings. The molecule has 0 spiro atoms. The van der Waals surface area contributed by atoms with Gasteiger partial charge in [0, 0.05) is 0 Å². The fraction of sp³-hybridized carbons (Fsp3) is 0. The summed E-state index contributed by atoms with van der Waals surface area (Å²) in [5, 5.41) is 47.1. The van der Waals surface area contributed by atoms with E-state index in [1.54, 1.807) is 0 Å². The SMILES string of the molecule is O=[N+]([O-])c1cc2c(c([N+](=O)[O-])c1)-c1c(cc([N+](=O)[O-])cc1[N+](=O)[O-])C2=C1SC(c2ccccc2)=C[Se]1. The average Bonchev–Trinajstić information content (AvgIpc) is 3.45. The second-order valence-corrected chi connectivity index (χ2v) is 11.0. The standard InChI is InChI=1S/C22H10N4O8SSe/c27-23(28)12-6-14-19(22-35-18(10-36-22)11-4-2-1-3-5-11)15-7-13(24(29)30)9-17(26(33)34)21(15)20(14)16(8-12)25(31)32/h1-10H. The number of nitro groups is 4. The van der Waals surface area contributed by atoms with Crippen molar-refractivity contribution < 1.29 is 19.7 Å². The van der Waals surface area contributed by atoms with Gasteiger partial charge < -0.3 is 0 Å². The molecule has 36 heavy (non-hydrogen) atoms. The van der Waals surface area contributed by atoms with Crippen molar-refractivity contribution in [1.82, 2.24) is 0 Å². The van der Waals surface area contributed by atoms with E-state index in [-0.39, 0.29) is 37.2 Å². The van der Waals surface area contributed by atoms with Gasteiger partial charge in [-0.15, -0.1) is 0 Å². The Hall–Kier alpha value is -4.39. The van der Waals surface area contributed by atoms with E-state index >= 15 is 0 Å². The van der Waals surface area contributed by atoms with E-state index in [0.717, 1.165) is 34.7 Å². The van der Waals surface area contributed by atoms with E-state index in [4.69, 9.17) is 0 Å². The van der Waals surface area contributed by atoms with Crippen LogP contribution in [0.3, 0.4) is 0 Å². The van der Waals surface area contributed by atoms with Crippen LogP contribution in [0.4, 0.5) is 22.7 Å². The van der Waals surface area contributed by atoms with E-state index in [1.165, 1.54) is 11.8 Å². The Labute approximate surface area is 211 Å². The van der Waals surface area contributed by atoms with E-state index in [1.807, 2.05) is 35.3 Å². The summed E-state index contributed by atoms with van der Waals surface area (Å²) in [6.45, 7) is 0. The van der Waals surface area contributed by atoms with Gasteiger partial charge in [-0.25, -0.2) is 0 Å². The van der Waals surface area contributed by atoms with Crippen molar-refractivity contribution in [3.8, 4) is 11.1 Å². The zero-order chi connectivity index (χ0) is 25.7. The third kappa shape index (κ3) is 3.73. The Morgan fingerprint density at radius 1 is 0.667 bits per heavy atom. The number of hydrogen-bond acceptors (Lipinski definition) is 9. The van der Waals surface area contributed by atoms with Gasteiger partial charge >= 0.3 is 211 Å². The summed E-state index contributed by atoms with van der Waals surface area (Å²) < 4.78 is 0.672. The number of fused-ring (bicyclic) bond motifs is 3. The van der Waals surface area contributed by atoms with E-state index in [0.29, 0.717) is 9.38 Å². The number of non-ortho nitro benzene ring substituents is 2. The molecule has 1 heterocycles. The molecule has 0 atom stereocenters. The molecule has 0 saturated carbocycles. The molecule has 14 heteroatoms. The van der Waals surface area contributed by atoms with Crippen molar-refractivity contribution in [2.45, 2.75) is 0 Å². The second-order valence-electron chi connectivity index (χ2n) is 7.53. The first-order valence-electron chi connectivity index (χ1n) is 9.96. The number of benzene rings is 3. The number of rotatable bonds is 5. The zero-order valence-corrected chi connectivity index (χ0v) is 20.2. The van der Waals surface area contributed by atoms with E-state index < -0.39 is 42.4 Å². The second kappa shape index (κ2) is 8.68. The van der Waals surface area contributed by atoms with Gasteiger partial charge in [-0.1, -0.05) is 0 Å². The summed E-state index contributed by atoms with van der Waals surface area (Å²) in [6.07, 6.45) is 0. The Balaban J connectivity index is 1.86. The molecule has 5 rings (SSSR count). The summed E-state index contributed by atoms with van der Waals surface area (Å²) in [4.78, 5) is 46.7. The molecule has 2 aliphatic rings. The van der Waals surface area contributed by atoms with Crippen LogP contribution in [-0.2, 0) is 0 Å². The van der Waals surface area contributed by atoms with Gasteiger partial charge in [0.15, 0.2) is 0 Å². The van der Waals surface area contributed by atoms with E-state index in [9.17, 15) is 40.5 Å². The van der Waals surface area contributed by atoms with Crippen molar-refractivity contribution in [3.63, 3.8) is 0 Å². The monoisotopic (exact) mass is 570 g/mol. The van der Waals surface area contributed by atoms with Gasteiger partial charge in [0.1, 0.15) is 0 Å². The molecule has 0 radical (unpaired) electrons. The molecular weight excluding hydrogens is 559 g/mol. The van der Waals surface area contributed by atoms with Crippen molar-refractivity contribution in [2.75, 3.05) is 0 Å². The van der Waals surface area contributed by atoms with Crippen molar-refractivity contribution in [2.24, 2.45) is 0 Å². The first-order valence-corrected chi connectivity index (χ1v) is 12.6. The predicted octanol–water partition coefficient (Wildman–Crippen LogP) is 5.47. The van der Waals surface area contributed by atoms with Gasteiger partial charge in [-0.3, -0.25) is 0 Å². The quantitative estimate of drug-likeness (QED) is 0.172. The van der Waals surface area contributed by atoms with Gasteiger partial charge in [-0.2, -0.15) is 0 Å². The molecule has 3 aromatic rings. The summed E-state index contributed by atoms with van der Waals surface area (Å²) in [6, 6.07) is 13.1. The molecule has 0 bridgehead atoms. The van der Waals surface area contributed by atoms with Crippen LogP contribution in [0.15, 0.2) is 63.4 Å². The molecule has 1 aliphatic heterocycles. The third-order valence-electron chi connectivity index (χ3n) is 5.55. The fourth-order valence-corrected chi connectivity index (χ4v) is 8.09. The summed E-state index contributed by atoms with van der Waals surface area (Å²) in [7, 11) is 0. The minimum absolute atomic E-state index is 0.0709. The molecule has 12 nitrogen and oxygen atoms in total. The summed E-state index contributed by atoms with van der Waals surface area (Å²) in [5.74, 6) is 0. The van der Waals surface area contributed by atoms with Crippen LogP contribution in [0, 0.1) is 40.5 Å². The van der Waals surface area contributed by atoms with Crippen molar-refractivity contribution in [1.29, 1.82) is 0 Å². The minimum atomic E-state index is -0.838. The number of nitrogens with zero attached hydrogens (tertiary/aromatic N) is 4. The molecule has 3 aromatic carbocycles. The van der Waals surface area contributed by atoms with Gasteiger partial charge in [-0.05, 0) is 0 Å². The summed E-state index contributed by atoms with van der Waals surface area (Å²) >= 11 is 0.990. The number of hydrogen-bond donors (Lipinski definition) is 0. The molecule has 0 N–H and O–H groups in total. The Morgan fingerprint density at radius 2 is 1.17 bits per heavy atom. The maximum absolute atomic E-state index is 11.9. The van der Waals surface area contributed by atoms with Crippen LogP contribution in [0.2, 0.25) is 0 Å². The average molecular weight is 569 g/mol. The van der Waals surface area contributed by atoms with Crippen LogP contribution in [0.1, 0.15) is 16.7 Å². The van der Waals surface area contributed by atoms with Crippen LogP contribution in [0.25, 0.3) is 21.6 Å². The normalized spacial score (nSPS) is 13.7. The van der Waals surface area contributed by atoms with Crippen LogP contribution in [-0.4, -0.2) is 34.7 Å². The summed E-state index contributed by atoms with van der Waals surface area (Å²) in [5.41, 5.74) is -1.45. The molecule has 178 valence electrons. The van der Waals surface area contributed by atoms with Crippen molar-refractivity contribution in [3.05, 3.63) is 121 Å². The molecular formula is C22H10N4O8SSe. The topological polar surface area (TPSA) is 173 Å². The first kappa shape index (κ1) is 23.4. The molecule has 1 aliphatic carbocycles. The van der Waals surface area contributed by atoms with Crippen LogP contribution in [0.5, 0.6) is 0 Å². The van der Waals surface area contributed by atoms with Crippen LogP contribution >= 0.6 is 11.8 Å². The Morgan fingerprint density at radius 3 is 1.61 bits per heavy atom. The predicted molar refractivity (Wildman–Crippen MR) is 132 cm³/mol. The number of thioether (sulfide) groups is 1. The molecule has 0 unspecified atom stereocenters. The number of nitro benzene ring substituents is 4. The Bertz CT molecular complexity index is 1520. The zero-order valence-electron chi connectivity index (χ0n) is 17.6. The maximum atomic E-state index is 11.9. The van der Waals surface area contributed by atoms with Crippen LogP contribution < -0.4 is 0 Å². The fourth-order valence-electron chi connectivity index (χ4n) is 4.10. The molecule has 0 saturated heterocycles. The molecule has 0 amide bonds. The van der Waals surface area contributed by atoms with E-state index in [2.05, 4.69) is 0 Å². The van der Waals surface area contributed by atoms with Crippen molar-refractivity contribution >= 4 is 59.9 Å². The van der Waals surface area contributed by atoms with Gasteiger partial charge in [0.05, 0.1) is 0 Å². The molecule has 0 aromatic heterocycles. The Kier molecular flexibility index (Phi) is 5.63.